The zero-order valence-electron chi connectivity index (χ0n) is 21.4. The maximum atomic E-state index is 13.7. The molecule has 38 heavy (non-hydrogen) atoms. The van der Waals surface area contributed by atoms with Crippen LogP contribution in [0.25, 0.3) is 16.9 Å². The Kier molecular flexibility index (Phi) is 8.26. The van der Waals surface area contributed by atoms with Crippen molar-refractivity contribution < 1.29 is 14.3 Å². The van der Waals surface area contributed by atoms with Gasteiger partial charge in [-0.3, -0.25) is 14.5 Å². The van der Waals surface area contributed by atoms with Crippen molar-refractivity contribution in [1.82, 2.24) is 15.1 Å². The molecule has 1 aliphatic rings. The Morgan fingerprint density at radius 1 is 1.13 bits per heavy atom. The molecule has 0 saturated carbocycles. The van der Waals surface area contributed by atoms with E-state index in [0.29, 0.717) is 25.4 Å². The number of nitrogens with one attached hydrogen (secondary N) is 1. The lowest BCUT2D eigenvalue weighted by Gasteiger charge is -2.23. The molecule has 2 aromatic heterocycles. The largest absolute Gasteiger partial charge is 0.385 e. The first kappa shape index (κ1) is 26.2. The number of nitrogens with zero attached hydrogens (tertiary/aromatic N) is 3. The minimum Gasteiger partial charge on any atom is -0.385 e. The highest BCUT2D eigenvalue weighted by atomic mass is 32.2. The molecule has 1 atom stereocenters. The summed E-state index contributed by atoms with van der Waals surface area (Å²) < 4.78 is 6.93. The number of thioether (sulfide) groups is 1. The number of rotatable bonds is 9. The van der Waals surface area contributed by atoms with E-state index in [-0.39, 0.29) is 29.4 Å². The predicted octanol–water partition coefficient (Wildman–Crippen LogP) is 5.23. The van der Waals surface area contributed by atoms with Crippen molar-refractivity contribution in [3.05, 3.63) is 88.1 Å². The summed E-state index contributed by atoms with van der Waals surface area (Å²) in [4.78, 5) is 29.5. The third-order valence-corrected chi connectivity index (χ3v) is 8.66. The summed E-state index contributed by atoms with van der Waals surface area (Å²) in [6, 6.07) is 22.2. The van der Waals surface area contributed by atoms with Gasteiger partial charge in [-0.2, -0.15) is 5.10 Å². The van der Waals surface area contributed by atoms with Gasteiger partial charge in [-0.05, 0) is 42.5 Å². The Hall–Kier alpha value is -3.40. The zero-order valence-corrected chi connectivity index (χ0v) is 23.1. The molecule has 0 aliphatic carbocycles. The van der Waals surface area contributed by atoms with Crippen LogP contribution in [0, 0.1) is 6.92 Å². The molecular formula is C29H30N4O3S2. The molecule has 7 nitrogen and oxygen atoms in total. The van der Waals surface area contributed by atoms with E-state index in [4.69, 9.17) is 9.84 Å². The van der Waals surface area contributed by atoms with E-state index in [9.17, 15) is 9.59 Å². The molecule has 5 rings (SSSR count). The molecule has 9 heteroatoms. The normalized spacial score (nSPS) is 15.3. The van der Waals surface area contributed by atoms with Gasteiger partial charge in [-0.25, -0.2) is 4.68 Å². The van der Waals surface area contributed by atoms with Gasteiger partial charge >= 0.3 is 0 Å². The van der Waals surface area contributed by atoms with Gasteiger partial charge in [-0.15, -0.1) is 23.1 Å². The minimum absolute atomic E-state index is 0.0811. The second kappa shape index (κ2) is 12.0. The molecule has 0 radical (unpaired) electrons. The van der Waals surface area contributed by atoms with Gasteiger partial charge in [-0.1, -0.05) is 48.5 Å². The van der Waals surface area contributed by atoms with Gasteiger partial charge in [0.2, 0.25) is 11.8 Å². The Balaban J connectivity index is 1.69. The highest BCUT2D eigenvalue weighted by Crippen LogP contribution is 2.49. The molecule has 1 aliphatic heterocycles. The number of carbonyl (C=O) groups is 2. The van der Waals surface area contributed by atoms with Gasteiger partial charge in [0.05, 0.1) is 22.4 Å². The molecule has 196 valence electrons. The number of thiophene rings is 1. The van der Waals surface area contributed by atoms with Crippen LogP contribution in [-0.2, 0) is 14.3 Å². The highest BCUT2D eigenvalue weighted by Gasteiger charge is 2.38. The van der Waals surface area contributed by atoms with Crippen molar-refractivity contribution in [2.24, 2.45) is 0 Å². The standard InChI is InChI=1S/C29H30N4O3S2/c1-20-9-6-12-22(17-20)33-29-26(27(31-33)21-10-4-3-5-11-21)28(23-13-7-16-37-23)38-19-25(35)32(29)18-24(34)30-14-8-15-36-2/h3-7,9-13,16-17,28H,8,14-15,18-19H2,1-2H3,(H,30,34)/t28-/m0/s1. The fourth-order valence-electron chi connectivity index (χ4n) is 4.58. The molecule has 0 spiro atoms. The topological polar surface area (TPSA) is 76.5 Å². The van der Waals surface area contributed by atoms with Crippen molar-refractivity contribution in [2.45, 2.75) is 18.6 Å². The average Bonchev–Trinajstić information content (AvgIpc) is 3.57. The summed E-state index contributed by atoms with van der Waals surface area (Å²) in [5.41, 5.74) is 4.66. The molecule has 0 saturated heterocycles. The smallest absolute Gasteiger partial charge is 0.240 e. The number of carbonyl (C=O) groups excluding carboxylic acids is 2. The first-order valence-electron chi connectivity index (χ1n) is 12.5. The van der Waals surface area contributed by atoms with Crippen LogP contribution in [0.15, 0.2) is 72.1 Å². The van der Waals surface area contributed by atoms with Crippen LogP contribution in [0.2, 0.25) is 0 Å². The lowest BCUT2D eigenvalue weighted by molar-refractivity contribution is -0.122. The molecule has 2 aromatic carbocycles. The van der Waals surface area contributed by atoms with E-state index in [1.807, 2.05) is 72.3 Å². The molecule has 3 heterocycles. The number of fused-ring (bicyclic) bond motifs is 1. The van der Waals surface area contributed by atoms with Crippen LogP contribution < -0.4 is 10.2 Å². The quantitative estimate of drug-likeness (QED) is 0.291. The van der Waals surface area contributed by atoms with Crippen molar-refractivity contribution in [1.29, 1.82) is 0 Å². The third kappa shape index (κ3) is 5.55. The van der Waals surface area contributed by atoms with Crippen molar-refractivity contribution in [3.8, 4) is 16.9 Å². The summed E-state index contributed by atoms with van der Waals surface area (Å²) in [7, 11) is 1.64. The SMILES string of the molecule is COCCCNC(=O)CN1C(=O)CS[C@@H](c2cccs2)c2c(-c3ccccc3)nn(-c3cccc(C)c3)c21. The second-order valence-electron chi connectivity index (χ2n) is 9.09. The maximum Gasteiger partial charge on any atom is 0.240 e. The molecule has 0 bridgehead atoms. The lowest BCUT2D eigenvalue weighted by atomic mass is 10.0. The Labute approximate surface area is 230 Å². The van der Waals surface area contributed by atoms with Crippen molar-refractivity contribution in [3.63, 3.8) is 0 Å². The predicted molar refractivity (Wildman–Crippen MR) is 154 cm³/mol. The van der Waals surface area contributed by atoms with Crippen LogP contribution in [-0.4, -0.2) is 54.2 Å². The number of anilines is 1. The Morgan fingerprint density at radius 2 is 1.97 bits per heavy atom. The van der Waals surface area contributed by atoms with E-state index in [1.54, 1.807) is 35.1 Å². The summed E-state index contributed by atoms with van der Waals surface area (Å²) in [6.45, 7) is 3.00. The van der Waals surface area contributed by atoms with Gasteiger partial charge in [0.15, 0.2) is 0 Å². The summed E-state index contributed by atoms with van der Waals surface area (Å²) in [5, 5.41) is 10.0. The van der Waals surface area contributed by atoms with Gasteiger partial charge < -0.3 is 10.1 Å². The van der Waals surface area contributed by atoms with Crippen LogP contribution in [0.1, 0.15) is 27.7 Å². The van der Waals surface area contributed by atoms with E-state index in [2.05, 4.69) is 16.8 Å². The van der Waals surface area contributed by atoms with Crippen molar-refractivity contribution >= 4 is 40.7 Å². The number of methoxy groups -OCH3 is 1. The molecule has 4 aromatic rings. The third-order valence-electron chi connectivity index (χ3n) is 6.33. The molecular weight excluding hydrogens is 516 g/mol. The molecule has 0 unspecified atom stereocenters. The summed E-state index contributed by atoms with van der Waals surface area (Å²) in [5.74, 6) is 0.583. The van der Waals surface area contributed by atoms with Crippen molar-refractivity contribution in [2.75, 3.05) is 37.5 Å². The molecule has 2 amide bonds. The highest BCUT2D eigenvalue weighted by molar-refractivity contribution is 8.00. The second-order valence-corrected chi connectivity index (χ2v) is 11.2. The number of aryl methyl sites for hydroxylation is 1. The molecule has 0 fully saturated rings. The van der Waals surface area contributed by atoms with Crippen LogP contribution in [0.3, 0.4) is 0 Å². The van der Waals surface area contributed by atoms with Gasteiger partial charge in [0, 0.05) is 36.3 Å². The summed E-state index contributed by atoms with van der Waals surface area (Å²) in [6.07, 6.45) is 0.705. The molecule has 1 N–H and O–H groups in total. The fraction of sp³-hybridized carbons (Fsp3) is 0.276. The first-order valence-corrected chi connectivity index (χ1v) is 14.5. The van der Waals surface area contributed by atoms with Crippen LogP contribution in [0.5, 0.6) is 0 Å². The Morgan fingerprint density at radius 3 is 2.71 bits per heavy atom. The minimum atomic E-state index is -0.210. The van der Waals surface area contributed by atoms with Crippen LogP contribution >= 0.6 is 23.1 Å². The van der Waals surface area contributed by atoms with Gasteiger partial charge in [0.1, 0.15) is 12.4 Å². The van der Waals surface area contributed by atoms with E-state index in [1.165, 1.54) is 0 Å². The zero-order chi connectivity index (χ0) is 26.5. The first-order chi connectivity index (χ1) is 18.6. The number of benzene rings is 2. The fourth-order valence-corrected chi connectivity index (χ4v) is 6.75. The number of hydrogen-bond donors (Lipinski definition) is 1. The number of ether oxygens (including phenoxy) is 1. The van der Waals surface area contributed by atoms with E-state index < -0.39 is 0 Å². The van der Waals surface area contributed by atoms with E-state index in [0.717, 1.165) is 32.9 Å². The Bertz CT molecular complexity index is 1400. The lowest BCUT2D eigenvalue weighted by Crippen LogP contribution is -2.42. The average molecular weight is 547 g/mol. The number of amides is 2. The maximum absolute atomic E-state index is 13.7. The number of hydrogen-bond acceptors (Lipinski definition) is 6. The van der Waals surface area contributed by atoms with Crippen LogP contribution in [0.4, 0.5) is 5.82 Å². The number of aromatic nitrogens is 2. The monoisotopic (exact) mass is 546 g/mol. The summed E-state index contributed by atoms with van der Waals surface area (Å²) >= 11 is 3.25. The van der Waals surface area contributed by atoms with Gasteiger partial charge in [0.25, 0.3) is 0 Å². The van der Waals surface area contributed by atoms with E-state index >= 15 is 0 Å².